The summed E-state index contributed by atoms with van der Waals surface area (Å²) in [7, 11) is 0. The maximum Gasteiger partial charge on any atom is 0.319 e. The lowest BCUT2D eigenvalue weighted by Crippen LogP contribution is -2.44. The second kappa shape index (κ2) is 6.54. The van der Waals surface area contributed by atoms with E-state index in [1.54, 1.807) is 0 Å². The Kier molecular flexibility index (Phi) is 4.76. The summed E-state index contributed by atoms with van der Waals surface area (Å²) in [6.45, 7) is 2.00. The van der Waals surface area contributed by atoms with Gasteiger partial charge in [-0.2, -0.15) is 0 Å². The molecule has 1 aliphatic heterocycles. The summed E-state index contributed by atoms with van der Waals surface area (Å²) in [5.41, 5.74) is -0.0492. The number of aliphatic hydroxyl groups is 1. The van der Waals surface area contributed by atoms with E-state index in [9.17, 15) is 9.90 Å². The second-order valence-electron chi connectivity index (χ2n) is 5.00. The van der Waals surface area contributed by atoms with Crippen molar-refractivity contribution in [1.29, 1.82) is 0 Å². The summed E-state index contributed by atoms with van der Waals surface area (Å²) in [5, 5.41) is 19.1. The smallest absolute Gasteiger partial charge is 0.319 e. The highest BCUT2D eigenvalue weighted by atomic mass is 16.3. The first-order valence-electron chi connectivity index (χ1n) is 6.71. The quantitative estimate of drug-likeness (QED) is 0.664. The highest BCUT2D eigenvalue weighted by Crippen LogP contribution is 2.18. The fraction of sp³-hybridized carbons (Fsp3) is 0.500. The Labute approximate surface area is 113 Å². The number of nitrogens with one attached hydrogen (secondary N) is 3. The van der Waals surface area contributed by atoms with Crippen LogP contribution in [0.25, 0.3) is 0 Å². The van der Waals surface area contributed by atoms with E-state index in [2.05, 4.69) is 16.0 Å². The van der Waals surface area contributed by atoms with Crippen molar-refractivity contribution in [2.24, 2.45) is 0 Å². The normalized spacial score (nSPS) is 23.4. The molecule has 2 amide bonds. The molecule has 2 rings (SSSR count). The molecule has 19 heavy (non-hydrogen) atoms. The van der Waals surface area contributed by atoms with Gasteiger partial charge >= 0.3 is 6.03 Å². The molecular weight excluding hydrogens is 242 g/mol. The highest BCUT2D eigenvalue weighted by Gasteiger charge is 2.28. The Hall–Kier alpha value is -1.59. The SMILES string of the molecule is O=C(NC[C@]1(O)CCCNCC1)Nc1ccccc1. The van der Waals surface area contributed by atoms with Crippen LogP contribution in [0.15, 0.2) is 30.3 Å². The van der Waals surface area contributed by atoms with E-state index in [0.717, 1.165) is 25.2 Å². The predicted molar refractivity (Wildman–Crippen MR) is 75.1 cm³/mol. The Morgan fingerprint density at radius 2 is 2.05 bits per heavy atom. The Morgan fingerprint density at radius 3 is 2.84 bits per heavy atom. The van der Waals surface area contributed by atoms with Crippen LogP contribution < -0.4 is 16.0 Å². The largest absolute Gasteiger partial charge is 0.388 e. The molecule has 5 nitrogen and oxygen atoms in total. The number of hydrogen-bond acceptors (Lipinski definition) is 3. The van der Waals surface area contributed by atoms with Crippen molar-refractivity contribution >= 4 is 11.7 Å². The number of carbonyl (C=O) groups is 1. The standard InChI is InChI=1S/C14H21N3O2/c18-13(17-12-5-2-1-3-6-12)16-11-14(19)7-4-9-15-10-8-14/h1-3,5-6,15,19H,4,7-11H2,(H2,16,17,18)/t14-/m0/s1. The average Bonchev–Trinajstić information content (AvgIpc) is 2.63. The summed E-state index contributed by atoms with van der Waals surface area (Å²) in [4.78, 5) is 11.7. The zero-order chi connectivity index (χ0) is 13.6. The number of urea groups is 1. The van der Waals surface area contributed by atoms with Crippen LogP contribution >= 0.6 is 0 Å². The number of rotatable bonds is 3. The van der Waals surface area contributed by atoms with Crippen molar-refractivity contribution in [3.63, 3.8) is 0 Å². The topological polar surface area (TPSA) is 73.4 Å². The Bertz CT molecular complexity index is 400. The molecular formula is C14H21N3O2. The van der Waals surface area contributed by atoms with Gasteiger partial charge in [0.15, 0.2) is 0 Å². The first-order chi connectivity index (χ1) is 9.18. The van der Waals surface area contributed by atoms with E-state index in [1.807, 2.05) is 30.3 Å². The summed E-state index contributed by atoms with van der Waals surface area (Å²) in [6.07, 6.45) is 2.31. The van der Waals surface area contributed by atoms with Gasteiger partial charge in [-0.05, 0) is 44.5 Å². The molecule has 0 radical (unpaired) electrons. The zero-order valence-corrected chi connectivity index (χ0v) is 11.0. The molecule has 1 aliphatic rings. The van der Waals surface area contributed by atoms with Gasteiger partial charge in [0, 0.05) is 12.2 Å². The Morgan fingerprint density at radius 1 is 1.26 bits per heavy atom. The van der Waals surface area contributed by atoms with Crippen molar-refractivity contribution in [1.82, 2.24) is 10.6 Å². The monoisotopic (exact) mass is 263 g/mol. The number of hydrogen-bond donors (Lipinski definition) is 4. The van der Waals surface area contributed by atoms with Crippen molar-refractivity contribution in [2.45, 2.75) is 24.9 Å². The van der Waals surface area contributed by atoms with E-state index in [-0.39, 0.29) is 12.6 Å². The highest BCUT2D eigenvalue weighted by molar-refractivity contribution is 5.89. The van der Waals surface area contributed by atoms with E-state index in [4.69, 9.17) is 0 Å². The van der Waals surface area contributed by atoms with Crippen molar-refractivity contribution < 1.29 is 9.90 Å². The molecule has 0 bridgehead atoms. The first-order valence-corrected chi connectivity index (χ1v) is 6.71. The molecule has 4 N–H and O–H groups in total. The van der Waals surface area contributed by atoms with Gasteiger partial charge in [-0.25, -0.2) is 4.79 Å². The fourth-order valence-corrected chi connectivity index (χ4v) is 2.23. The van der Waals surface area contributed by atoms with Crippen LogP contribution in [0.4, 0.5) is 10.5 Å². The molecule has 1 aromatic rings. The molecule has 1 saturated heterocycles. The van der Waals surface area contributed by atoms with Crippen LogP contribution in [0.1, 0.15) is 19.3 Å². The summed E-state index contributed by atoms with van der Waals surface area (Å²) in [6, 6.07) is 8.98. The van der Waals surface area contributed by atoms with Crippen LogP contribution in [0, 0.1) is 0 Å². The number of benzene rings is 1. The van der Waals surface area contributed by atoms with E-state index in [0.29, 0.717) is 12.8 Å². The van der Waals surface area contributed by atoms with Gasteiger partial charge in [0.2, 0.25) is 0 Å². The molecule has 1 heterocycles. The van der Waals surface area contributed by atoms with Gasteiger partial charge in [-0.15, -0.1) is 0 Å². The third kappa shape index (κ3) is 4.54. The van der Waals surface area contributed by atoms with Gasteiger partial charge in [0.25, 0.3) is 0 Å². The lowest BCUT2D eigenvalue weighted by molar-refractivity contribution is 0.0312. The van der Waals surface area contributed by atoms with E-state index >= 15 is 0 Å². The molecule has 0 saturated carbocycles. The predicted octanol–water partition coefficient (Wildman–Crippen LogP) is 1.31. The zero-order valence-electron chi connectivity index (χ0n) is 11.0. The van der Waals surface area contributed by atoms with Gasteiger partial charge in [0.05, 0.1) is 5.60 Å². The molecule has 1 aromatic carbocycles. The summed E-state index contributed by atoms with van der Waals surface area (Å²) < 4.78 is 0. The van der Waals surface area contributed by atoms with Crippen LogP contribution in [-0.2, 0) is 0 Å². The fourth-order valence-electron chi connectivity index (χ4n) is 2.23. The molecule has 1 atom stereocenters. The van der Waals surface area contributed by atoms with E-state index < -0.39 is 5.60 Å². The average molecular weight is 263 g/mol. The minimum absolute atomic E-state index is 0.281. The molecule has 1 fully saturated rings. The number of anilines is 1. The van der Waals surface area contributed by atoms with Gasteiger partial charge in [-0.1, -0.05) is 18.2 Å². The molecule has 0 unspecified atom stereocenters. The van der Waals surface area contributed by atoms with Gasteiger partial charge in [0.1, 0.15) is 0 Å². The number of amides is 2. The van der Waals surface area contributed by atoms with Crippen LogP contribution in [0.5, 0.6) is 0 Å². The van der Waals surface area contributed by atoms with Crippen molar-refractivity contribution in [3.8, 4) is 0 Å². The number of carbonyl (C=O) groups excluding carboxylic acids is 1. The lowest BCUT2D eigenvalue weighted by atomic mass is 9.95. The maximum absolute atomic E-state index is 11.7. The van der Waals surface area contributed by atoms with Gasteiger partial charge < -0.3 is 21.1 Å². The minimum Gasteiger partial charge on any atom is -0.388 e. The van der Waals surface area contributed by atoms with Crippen molar-refractivity contribution in [2.75, 3.05) is 25.0 Å². The van der Waals surface area contributed by atoms with Crippen molar-refractivity contribution in [3.05, 3.63) is 30.3 Å². The Balaban J connectivity index is 1.79. The van der Waals surface area contributed by atoms with Crippen LogP contribution in [0.3, 0.4) is 0 Å². The molecule has 0 aromatic heterocycles. The molecule has 0 aliphatic carbocycles. The summed E-state index contributed by atoms with van der Waals surface area (Å²) >= 11 is 0. The minimum atomic E-state index is -0.794. The maximum atomic E-state index is 11.7. The third-order valence-corrected chi connectivity index (χ3v) is 3.37. The molecule has 104 valence electrons. The molecule has 5 heteroatoms. The molecule has 0 spiro atoms. The summed E-state index contributed by atoms with van der Waals surface area (Å²) in [5.74, 6) is 0. The second-order valence-corrected chi connectivity index (χ2v) is 5.00. The van der Waals surface area contributed by atoms with Crippen LogP contribution in [-0.4, -0.2) is 36.4 Å². The number of para-hydroxylation sites is 1. The van der Waals surface area contributed by atoms with Crippen LogP contribution in [0.2, 0.25) is 0 Å². The first kappa shape index (κ1) is 13.8. The van der Waals surface area contributed by atoms with Gasteiger partial charge in [-0.3, -0.25) is 0 Å². The van der Waals surface area contributed by atoms with E-state index in [1.165, 1.54) is 0 Å². The lowest BCUT2D eigenvalue weighted by Gasteiger charge is -2.26. The third-order valence-electron chi connectivity index (χ3n) is 3.37.